The van der Waals surface area contributed by atoms with Gasteiger partial charge in [-0.15, -0.1) is 0 Å². The van der Waals surface area contributed by atoms with Gasteiger partial charge in [0, 0.05) is 36.0 Å². The van der Waals surface area contributed by atoms with Gasteiger partial charge in [0.1, 0.15) is 11.4 Å². The molecular weight excluding hydrogens is 412 g/mol. The van der Waals surface area contributed by atoms with Gasteiger partial charge in [-0.05, 0) is 38.0 Å². The standard InChI is InChI=1S/C25H34O7/c1-22-8-5-15(26)11-14(22)12-16(21(28)31-4)20-17-6-9-24(29,10-7-19(27)30-3)23(17,2)13-18-25(20,22)32-18/h12,16-18,20,29H,5-11,13H2,1-4H3/t16-,17+,18-,20+,22+,23+,24-,25-/m1/s1. The highest BCUT2D eigenvalue weighted by atomic mass is 16.6. The molecule has 7 heteroatoms. The van der Waals surface area contributed by atoms with Crippen molar-refractivity contribution in [1.82, 2.24) is 0 Å². The predicted molar refractivity (Wildman–Crippen MR) is 113 cm³/mol. The van der Waals surface area contributed by atoms with E-state index in [1.807, 2.05) is 6.08 Å². The smallest absolute Gasteiger partial charge is 0.312 e. The minimum absolute atomic E-state index is 0.0558. The number of ketones is 1. The summed E-state index contributed by atoms with van der Waals surface area (Å²) in [6.07, 6.45) is 6.11. The van der Waals surface area contributed by atoms with Crippen LogP contribution in [0.15, 0.2) is 11.6 Å². The molecule has 1 N–H and O–H groups in total. The lowest BCUT2D eigenvalue weighted by Gasteiger charge is -2.57. The maximum Gasteiger partial charge on any atom is 0.312 e. The van der Waals surface area contributed by atoms with E-state index in [-0.39, 0.29) is 47.5 Å². The lowest BCUT2D eigenvalue weighted by atomic mass is 9.44. The van der Waals surface area contributed by atoms with Crippen LogP contribution in [0.25, 0.3) is 0 Å². The van der Waals surface area contributed by atoms with Gasteiger partial charge in [-0.2, -0.15) is 0 Å². The lowest BCUT2D eigenvalue weighted by molar-refractivity contribution is -0.158. The fourth-order valence-corrected chi connectivity index (χ4v) is 8.23. The molecule has 1 aliphatic heterocycles. The molecule has 4 aliphatic carbocycles. The van der Waals surface area contributed by atoms with Crippen LogP contribution in [0, 0.1) is 28.6 Å². The van der Waals surface area contributed by atoms with Gasteiger partial charge in [0.05, 0.1) is 31.8 Å². The van der Waals surface area contributed by atoms with E-state index in [9.17, 15) is 19.5 Å². The van der Waals surface area contributed by atoms with Gasteiger partial charge in [-0.3, -0.25) is 14.4 Å². The number of methoxy groups -OCH3 is 2. The molecule has 1 heterocycles. The number of hydrogen-bond donors (Lipinski definition) is 1. The molecule has 32 heavy (non-hydrogen) atoms. The minimum Gasteiger partial charge on any atom is -0.469 e. The van der Waals surface area contributed by atoms with Crippen molar-refractivity contribution in [2.24, 2.45) is 28.6 Å². The quantitative estimate of drug-likeness (QED) is 0.402. The van der Waals surface area contributed by atoms with Crippen molar-refractivity contribution in [2.45, 2.75) is 82.5 Å². The Labute approximate surface area is 188 Å². The molecular formula is C25H34O7. The summed E-state index contributed by atoms with van der Waals surface area (Å²) in [5.74, 6) is -0.969. The van der Waals surface area contributed by atoms with Crippen LogP contribution in [0.2, 0.25) is 0 Å². The van der Waals surface area contributed by atoms with E-state index in [1.165, 1.54) is 14.2 Å². The summed E-state index contributed by atoms with van der Waals surface area (Å²) in [7, 11) is 2.77. The molecule has 0 aromatic rings. The molecule has 3 saturated carbocycles. The Hall–Kier alpha value is -1.73. The number of Topliss-reactive ketones (excluding diaryl/α,β-unsaturated/α-hetero) is 1. The fraction of sp³-hybridized carbons (Fsp3) is 0.800. The molecule has 0 bridgehead atoms. The molecule has 0 unspecified atom stereocenters. The van der Waals surface area contributed by atoms with Gasteiger partial charge in [0.15, 0.2) is 0 Å². The molecule has 5 rings (SSSR count). The highest BCUT2D eigenvalue weighted by Gasteiger charge is 2.82. The van der Waals surface area contributed by atoms with Crippen molar-refractivity contribution in [2.75, 3.05) is 14.2 Å². The Balaban J connectivity index is 1.57. The van der Waals surface area contributed by atoms with Crippen LogP contribution in [0.5, 0.6) is 0 Å². The van der Waals surface area contributed by atoms with Gasteiger partial charge in [0.2, 0.25) is 0 Å². The second-order valence-electron chi connectivity index (χ2n) is 11.1. The summed E-state index contributed by atoms with van der Waals surface area (Å²) in [4.78, 5) is 37.1. The second kappa shape index (κ2) is 6.89. The third kappa shape index (κ3) is 2.58. The van der Waals surface area contributed by atoms with Crippen LogP contribution in [0.4, 0.5) is 0 Å². The number of carbonyl (C=O) groups is 3. The van der Waals surface area contributed by atoms with E-state index in [0.717, 1.165) is 18.4 Å². The van der Waals surface area contributed by atoms with Crippen LogP contribution >= 0.6 is 0 Å². The summed E-state index contributed by atoms with van der Waals surface area (Å²) in [5, 5.41) is 11.8. The summed E-state index contributed by atoms with van der Waals surface area (Å²) >= 11 is 0. The molecule has 4 fully saturated rings. The lowest BCUT2D eigenvalue weighted by Crippen LogP contribution is -2.62. The maximum atomic E-state index is 13.0. The van der Waals surface area contributed by atoms with E-state index < -0.39 is 22.5 Å². The third-order valence-corrected chi connectivity index (χ3v) is 10.1. The summed E-state index contributed by atoms with van der Waals surface area (Å²) in [6.45, 7) is 4.31. The number of esters is 2. The predicted octanol–water partition coefficient (Wildman–Crippen LogP) is 2.73. The Kier molecular flexibility index (Phi) is 4.75. The first-order chi connectivity index (χ1) is 15.1. The van der Waals surface area contributed by atoms with Gasteiger partial charge in [-0.25, -0.2) is 0 Å². The zero-order chi connectivity index (χ0) is 23.1. The first-order valence-electron chi connectivity index (χ1n) is 11.8. The van der Waals surface area contributed by atoms with Gasteiger partial charge in [0.25, 0.3) is 0 Å². The number of carbonyl (C=O) groups excluding carboxylic acids is 3. The average molecular weight is 447 g/mol. The zero-order valence-corrected chi connectivity index (χ0v) is 19.4. The van der Waals surface area contributed by atoms with Crippen molar-refractivity contribution >= 4 is 17.7 Å². The Morgan fingerprint density at radius 1 is 1.22 bits per heavy atom. The van der Waals surface area contributed by atoms with Gasteiger partial charge < -0.3 is 19.3 Å². The first kappa shape index (κ1) is 22.1. The summed E-state index contributed by atoms with van der Waals surface area (Å²) < 4.78 is 16.6. The van der Waals surface area contributed by atoms with Gasteiger partial charge in [-0.1, -0.05) is 25.5 Å². The van der Waals surface area contributed by atoms with Crippen LogP contribution in [-0.4, -0.2) is 54.4 Å². The molecule has 1 spiro atoms. The van der Waals surface area contributed by atoms with Crippen LogP contribution in [0.3, 0.4) is 0 Å². The maximum absolute atomic E-state index is 13.0. The summed E-state index contributed by atoms with van der Waals surface area (Å²) in [5.41, 5.74) is -1.25. The molecule has 1 saturated heterocycles. The van der Waals surface area contributed by atoms with Crippen LogP contribution < -0.4 is 0 Å². The second-order valence-corrected chi connectivity index (χ2v) is 11.1. The van der Waals surface area contributed by atoms with Crippen molar-refractivity contribution in [3.63, 3.8) is 0 Å². The molecule has 0 amide bonds. The van der Waals surface area contributed by atoms with E-state index in [4.69, 9.17) is 14.2 Å². The number of rotatable bonds is 4. The molecule has 5 aliphatic rings. The largest absolute Gasteiger partial charge is 0.469 e. The Morgan fingerprint density at radius 3 is 2.66 bits per heavy atom. The van der Waals surface area contributed by atoms with Crippen LogP contribution in [0.1, 0.15) is 65.2 Å². The van der Waals surface area contributed by atoms with E-state index in [0.29, 0.717) is 32.1 Å². The minimum atomic E-state index is -1.02. The van der Waals surface area contributed by atoms with E-state index >= 15 is 0 Å². The van der Waals surface area contributed by atoms with Crippen molar-refractivity contribution in [3.05, 3.63) is 11.6 Å². The number of ether oxygens (including phenoxy) is 3. The third-order valence-electron chi connectivity index (χ3n) is 10.1. The van der Waals surface area contributed by atoms with E-state index in [2.05, 4.69) is 13.8 Å². The monoisotopic (exact) mass is 446 g/mol. The van der Waals surface area contributed by atoms with Gasteiger partial charge >= 0.3 is 11.9 Å². The van der Waals surface area contributed by atoms with Crippen molar-refractivity contribution in [1.29, 1.82) is 0 Å². The molecule has 0 aromatic carbocycles. The summed E-state index contributed by atoms with van der Waals surface area (Å²) in [6, 6.07) is 0. The Morgan fingerprint density at radius 2 is 1.97 bits per heavy atom. The zero-order valence-electron chi connectivity index (χ0n) is 19.4. The highest BCUT2D eigenvalue weighted by Crippen LogP contribution is 2.77. The van der Waals surface area contributed by atoms with E-state index in [1.54, 1.807) is 0 Å². The van der Waals surface area contributed by atoms with Crippen molar-refractivity contribution in [3.8, 4) is 0 Å². The van der Waals surface area contributed by atoms with Crippen LogP contribution in [-0.2, 0) is 28.6 Å². The molecule has 0 radical (unpaired) electrons. The SMILES string of the molecule is COC(=O)CC[C@]1(O)CC[C@H]2[C@@H]3[C@H](C(=O)OC)C=C4CC(=O)CC[C@]4(C)[C@]34O[C@@H]4C[C@@]21C. The van der Waals surface area contributed by atoms with Crippen molar-refractivity contribution < 1.29 is 33.7 Å². The first-order valence-corrected chi connectivity index (χ1v) is 11.8. The normalized spacial score (nSPS) is 48.5. The number of epoxide rings is 1. The number of aliphatic hydroxyl groups is 1. The molecule has 176 valence electrons. The average Bonchev–Trinajstić information content (AvgIpc) is 3.43. The highest BCUT2D eigenvalue weighted by molar-refractivity contribution is 5.84. The topological polar surface area (TPSA) is 102 Å². The molecule has 0 aromatic heterocycles. The molecule has 7 nitrogen and oxygen atoms in total. The fourth-order valence-electron chi connectivity index (χ4n) is 8.23. The Bertz CT molecular complexity index is 910. The number of hydrogen-bond acceptors (Lipinski definition) is 7. The number of fused-ring (bicyclic) bond motifs is 3. The molecule has 8 atom stereocenters.